The molecule has 2 aliphatic rings. The fraction of sp³-hybridized carbons (Fsp3) is 0.429. The molecule has 6 nitrogen and oxygen atoms in total. The van der Waals surface area contributed by atoms with Crippen LogP contribution in [0.4, 0.5) is 5.82 Å². The number of thioether (sulfide) groups is 1. The normalized spacial score (nSPS) is 18.8. The summed E-state index contributed by atoms with van der Waals surface area (Å²) in [5.74, 6) is 0.841. The largest absolute Gasteiger partial charge is 0.356 e. The van der Waals surface area contributed by atoms with Gasteiger partial charge in [0, 0.05) is 25.8 Å². The number of carbonyl (C=O) groups excluding carboxylic acids is 1. The Morgan fingerprint density at radius 1 is 1.24 bits per heavy atom. The molecule has 0 N–H and O–H groups in total. The summed E-state index contributed by atoms with van der Waals surface area (Å²) >= 11 is 6.68. The molecule has 4 heterocycles. The van der Waals surface area contributed by atoms with Crippen molar-refractivity contribution in [2.75, 3.05) is 24.5 Å². The number of aryl methyl sites for hydroxylation is 1. The van der Waals surface area contributed by atoms with Crippen molar-refractivity contribution in [3.63, 3.8) is 0 Å². The van der Waals surface area contributed by atoms with Gasteiger partial charge >= 0.3 is 0 Å². The average Bonchev–Trinajstić information content (AvgIpc) is 3.29. The van der Waals surface area contributed by atoms with E-state index in [4.69, 9.17) is 17.2 Å². The van der Waals surface area contributed by atoms with Gasteiger partial charge in [-0.2, -0.15) is 0 Å². The summed E-state index contributed by atoms with van der Waals surface area (Å²) in [5, 5.41) is 0. The predicted octanol–water partition coefficient (Wildman–Crippen LogP) is 3.46. The van der Waals surface area contributed by atoms with Crippen molar-refractivity contribution in [1.82, 2.24) is 14.3 Å². The number of hydrogen-bond acceptors (Lipinski definition) is 6. The third kappa shape index (κ3) is 3.83. The molecule has 0 unspecified atom stereocenters. The number of amides is 1. The summed E-state index contributed by atoms with van der Waals surface area (Å²) in [5.41, 5.74) is 1.89. The van der Waals surface area contributed by atoms with Crippen molar-refractivity contribution < 1.29 is 4.79 Å². The maximum atomic E-state index is 13.4. The third-order valence-corrected chi connectivity index (χ3v) is 6.47. The zero-order chi connectivity index (χ0) is 20.7. The van der Waals surface area contributed by atoms with E-state index in [0.29, 0.717) is 38.7 Å². The highest BCUT2D eigenvalue weighted by Gasteiger charge is 2.33. The number of pyridine rings is 1. The maximum Gasteiger partial charge on any atom is 0.267 e. The van der Waals surface area contributed by atoms with Gasteiger partial charge in [0.05, 0.1) is 10.5 Å². The van der Waals surface area contributed by atoms with E-state index < -0.39 is 0 Å². The molecule has 2 aliphatic heterocycles. The Kier molecular flexibility index (Phi) is 5.48. The number of aromatic nitrogens is 2. The van der Waals surface area contributed by atoms with Crippen LogP contribution in [0.1, 0.15) is 37.8 Å². The Hall–Kier alpha value is -2.19. The molecule has 0 radical (unpaired) electrons. The highest BCUT2D eigenvalue weighted by molar-refractivity contribution is 8.26. The quantitative estimate of drug-likeness (QED) is 0.549. The van der Waals surface area contributed by atoms with Gasteiger partial charge in [-0.3, -0.25) is 18.9 Å². The molecule has 8 heteroatoms. The topological polar surface area (TPSA) is 57.9 Å². The second-order valence-electron chi connectivity index (χ2n) is 7.97. The number of anilines is 1. The smallest absolute Gasteiger partial charge is 0.267 e. The monoisotopic (exact) mass is 428 g/mol. The van der Waals surface area contributed by atoms with Crippen molar-refractivity contribution in [3.8, 4) is 0 Å². The lowest BCUT2D eigenvalue weighted by atomic mass is 10.2. The van der Waals surface area contributed by atoms with Crippen LogP contribution in [0.5, 0.6) is 0 Å². The van der Waals surface area contributed by atoms with Gasteiger partial charge in [-0.15, -0.1) is 0 Å². The van der Waals surface area contributed by atoms with E-state index in [2.05, 4.69) is 18.7 Å². The van der Waals surface area contributed by atoms with Crippen molar-refractivity contribution in [3.05, 3.63) is 44.7 Å². The van der Waals surface area contributed by atoms with E-state index in [1.807, 2.05) is 19.1 Å². The second kappa shape index (κ2) is 7.91. The number of fused-ring (bicyclic) bond motifs is 1. The number of thiocarbonyl (C=S) groups is 1. The number of rotatable bonds is 4. The first-order valence-electron chi connectivity index (χ1n) is 9.88. The van der Waals surface area contributed by atoms with E-state index >= 15 is 0 Å². The first kappa shape index (κ1) is 20.1. The van der Waals surface area contributed by atoms with Gasteiger partial charge in [-0.1, -0.05) is 43.9 Å². The van der Waals surface area contributed by atoms with Gasteiger partial charge in [0.1, 0.15) is 15.8 Å². The highest BCUT2D eigenvalue weighted by Crippen LogP contribution is 2.34. The molecule has 29 heavy (non-hydrogen) atoms. The minimum absolute atomic E-state index is 0.130. The van der Waals surface area contributed by atoms with Gasteiger partial charge in [0.25, 0.3) is 11.5 Å². The fourth-order valence-electron chi connectivity index (χ4n) is 3.70. The van der Waals surface area contributed by atoms with E-state index in [9.17, 15) is 9.59 Å². The van der Waals surface area contributed by atoms with E-state index in [-0.39, 0.29) is 11.5 Å². The van der Waals surface area contributed by atoms with Gasteiger partial charge in [0.15, 0.2) is 0 Å². The highest BCUT2D eigenvalue weighted by atomic mass is 32.2. The van der Waals surface area contributed by atoms with Crippen LogP contribution in [0, 0.1) is 12.8 Å². The lowest BCUT2D eigenvalue weighted by Gasteiger charge is -2.19. The molecular weight excluding hydrogens is 404 g/mol. The molecule has 2 aromatic heterocycles. The molecule has 0 spiro atoms. The van der Waals surface area contributed by atoms with Gasteiger partial charge in [-0.25, -0.2) is 4.98 Å². The SMILES string of the molecule is Cc1ccc2nc(N3CCCC3)c(/C=C3/SC(=S)N(CC(C)C)C3=O)c(=O)n2c1. The van der Waals surface area contributed by atoms with Crippen molar-refractivity contribution in [2.45, 2.75) is 33.6 Å². The first-order chi connectivity index (χ1) is 13.8. The van der Waals surface area contributed by atoms with Crippen LogP contribution in [0.3, 0.4) is 0 Å². The van der Waals surface area contributed by atoms with Gasteiger partial charge in [0.2, 0.25) is 0 Å². The molecule has 152 valence electrons. The Morgan fingerprint density at radius 3 is 2.66 bits per heavy atom. The summed E-state index contributed by atoms with van der Waals surface area (Å²) in [6.45, 7) is 8.35. The van der Waals surface area contributed by atoms with Crippen LogP contribution in [-0.2, 0) is 4.79 Å². The van der Waals surface area contributed by atoms with Crippen LogP contribution in [0.15, 0.2) is 28.0 Å². The standard InChI is InChI=1S/C21H24N4O2S2/c1-13(2)11-25-20(27)16(29-21(25)28)10-15-18(23-8-4-5-9-23)22-17-7-6-14(3)12-24(17)19(15)26/h6-7,10,12-13H,4-5,8-9,11H2,1-3H3/b16-10+. The van der Waals surface area contributed by atoms with Gasteiger partial charge < -0.3 is 4.90 Å². The number of hydrogen-bond donors (Lipinski definition) is 0. The Morgan fingerprint density at radius 2 is 1.97 bits per heavy atom. The molecule has 0 atom stereocenters. The molecular formula is C21H24N4O2S2. The Balaban J connectivity index is 1.86. The van der Waals surface area contributed by atoms with Crippen molar-refractivity contribution in [1.29, 1.82) is 0 Å². The van der Waals surface area contributed by atoms with Crippen LogP contribution in [-0.4, -0.2) is 44.1 Å². The molecule has 0 saturated carbocycles. The van der Waals surface area contributed by atoms with E-state index in [1.165, 1.54) is 11.8 Å². The van der Waals surface area contributed by atoms with Crippen LogP contribution in [0.25, 0.3) is 11.7 Å². The molecule has 2 aromatic rings. The van der Waals surface area contributed by atoms with Crippen molar-refractivity contribution in [2.24, 2.45) is 5.92 Å². The maximum absolute atomic E-state index is 13.4. The van der Waals surface area contributed by atoms with Crippen LogP contribution in [0.2, 0.25) is 0 Å². The van der Waals surface area contributed by atoms with Crippen molar-refractivity contribution >= 4 is 51.7 Å². The number of nitrogens with zero attached hydrogens (tertiary/aromatic N) is 4. The second-order valence-corrected chi connectivity index (χ2v) is 9.64. The van der Waals surface area contributed by atoms with E-state index in [0.717, 1.165) is 31.5 Å². The zero-order valence-electron chi connectivity index (χ0n) is 16.8. The van der Waals surface area contributed by atoms with Crippen LogP contribution >= 0.6 is 24.0 Å². The summed E-state index contributed by atoms with van der Waals surface area (Å²) < 4.78 is 2.11. The van der Waals surface area contributed by atoms with Crippen LogP contribution < -0.4 is 10.5 Å². The lowest BCUT2D eigenvalue weighted by molar-refractivity contribution is -0.122. The molecule has 0 aliphatic carbocycles. The minimum atomic E-state index is -0.158. The summed E-state index contributed by atoms with van der Waals surface area (Å²) in [6, 6.07) is 3.81. The Bertz CT molecular complexity index is 1080. The predicted molar refractivity (Wildman–Crippen MR) is 122 cm³/mol. The van der Waals surface area contributed by atoms with E-state index in [1.54, 1.807) is 21.6 Å². The summed E-state index contributed by atoms with van der Waals surface area (Å²) in [6.07, 6.45) is 5.63. The molecule has 4 rings (SSSR count). The summed E-state index contributed by atoms with van der Waals surface area (Å²) in [4.78, 5) is 35.3. The summed E-state index contributed by atoms with van der Waals surface area (Å²) in [7, 11) is 0. The molecule has 2 saturated heterocycles. The fourth-order valence-corrected chi connectivity index (χ4v) is 4.95. The molecule has 1 amide bonds. The minimum Gasteiger partial charge on any atom is -0.356 e. The molecule has 0 bridgehead atoms. The molecule has 2 fully saturated rings. The zero-order valence-corrected chi connectivity index (χ0v) is 18.5. The Labute approximate surface area is 179 Å². The molecule has 0 aromatic carbocycles. The first-order valence-corrected chi connectivity index (χ1v) is 11.1. The lowest BCUT2D eigenvalue weighted by Crippen LogP contribution is -2.31. The van der Waals surface area contributed by atoms with Gasteiger partial charge in [-0.05, 0) is 43.4 Å². The third-order valence-electron chi connectivity index (χ3n) is 5.09. The average molecular weight is 429 g/mol. The number of carbonyl (C=O) groups is 1.